The van der Waals surface area contributed by atoms with Crippen molar-refractivity contribution in [2.45, 2.75) is 31.7 Å². The fourth-order valence-corrected chi connectivity index (χ4v) is 2.71. The van der Waals surface area contributed by atoms with E-state index < -0.39 is 0 Å². The van der Waals surface area contributed by atoms with Gasteiger partial charge in [0.05, 0.1) is 0 Å². The predicted octanol–water partition coefficient (Wildman–Crippen LogP) is 3.57. The molecule has 100 valence electrons. The van der Waals surface area contributed by atoms with Crippen molar-refractivity contribution in [3.05, 3.63) is 34.3 Å². The number of nitrogens with two attached hydrogens (primary N) is 1. The van der Waals surface area contributed by atoms with Crippen LogP contribution in [0, 0.1) is 5.92 Å². The molecule has 1 saturated carbocycles. The summed E-state index contributed by atoms with van der Waals surface area (Å²) < 4.78 is 1.11. The van der Waals surface area contributed by atoms with Crippen molar-refractivity contribution >= 4 is 15.9 Å². The molecular weight excluding hydrogens is 288 g/mol. The van der Waals surface area contributed by atoms with Gasteiger partial charge in [-0.25, -0.2) is 0 Å². The first-order valence-electron chi connectivity index (χ1n) is 6.85. The Kier molecular flexibility index (Phi) is 5.22. The van der Waals surface area contributed by atoms with E-state index in [1.54, 1.807) is 0 Å². The lowest BCUT2D eigenvalue weighted by molar-refractivity contribution is 0.201. The van der Waals surface area contributed by atoms with Gasteiger partial charge in [-0.2, -0.15) is 0 Å². The van der Waals surface area contributed by atoms with Crippen LogP contribution in [0.25, 0.3) is 0 Å². The zero-order valence-corrected chi connectivity index (χ0v) is 12.7. The summed E-state index contributed by atoms with van der Waals surface area (Å²) in [5.74, 6) is 0.943. The fourth-order valence-electron chi connectivity index (χ4n) is 2.44. The molecule has 0 saturated heterocycles. The van der Waals surface area contributed by atoms with E-state index >= 15 is 0 Å². The van der Waals surface area contributed by atoms with Crippen LogP contribution in [0.1, 0.15) is 37.3 Å². The lowest BCUT2D eigenvalue weighted by Gasteiger charge is -2.30. The van der Waals surface area contributed by atoms with Crippen LogP contribution in [0.5, 0.6) is 0 Å². The molecular formula is C15H23BrN2. The zero-order chi connectivity index (χ0) is 13.0. The van der Waals surface area contributed by atoms with Crippen molar-refractivity contribution in [3.63, 3.8) is 0 Å². The molecule has 1 unspecified atom stereocenters. The average Bonchev–Trinajstić information content (AvgIpc) is 2.32. The van der Waals surface area contributed by atoms with Gasteiger partial charge in [0.15, 0.2) is 0 Å². The van der Waals surface area contributed by atoms with Crippen LogP contribution in [-0.4, -0.2) is 25.0 Å². The maximum absolute atomic E-state index is 6.23. The summed E-state index contributed by atoms with van der Waals surface area (Å²) >= 11 is 3.45. The van der Waals surface area contributed by atoms with Crippen LogP contribution in [0.4, 0.5) is 0 Å². The van der Waals surface area contributed by atoms with Gasteiger partial charge in [0, 0.05) is 17.1 Å². The van der Waals surface area contributed by atoms with E-state index in [2.05, 4.69) is 52.1 Å². The van der Waals surface area contributed by atoms with Gasteiger partial charge < -0.3 is 10.6 Å². The molecule has 1 fully saturated rings. The van der Waals surface area contributed by atoms with Gasteiger partial charge in [0.2, 0.25) is 0 Å². The van der Waals surface area contributed by atoms with Gasteiger partial charge in [0.1, 0.15) is 0 Å². The fraction of sp³-hybridized carbons (Fsp3) is 0.600. The predicted molar refractivity (Wildman–Crippen MR) is 80.5 cm³/mol. The van der Waals surface area contributed by atoms with Crippen molar-refractivity contribution in [1.82, 2.24) is 4.90 Å². The van der Waals surface area contributed by atoms with E-state index in [9.17, 15) is 0 Å². The van der Waals surface area contributed by atoms with Crippen LogP contribution in [-0.2, 0) is 0 Å². The quantitative estimate of drug-likeness (QED) is 0.870. The highest BCUT2D eigenvalue weighted by atomic mass is 79.9. The molecule has 0 spiro atoms. The second-order valence-electron chi connectivity index (χ2n) is 5.51. The standard InChI is InChI=1S/C15H23BrN2/c1-18(11-12-3-2-4-12)10-9-15(17)13-5-7-14(16)8-6-13/h5-8,12,15H,2-4,9-11,17H2,1H3. The summed E-state index contributed by atoms with van der Waals surface area (Å²) in [6.45, 7) is 2.33. The van der Waals surface area contributed by atoms with Crippen LogP contribution >= 0.6 is 15.9 Å². The maximum Gasteiger partial charge on any atom is 0.0307 e. The minimum atomic E-state index is 0.155. The summed E-state index contributed by atoms with van der Waals surface area (Å²) in [6.07, 6.45) is 5.30. The third-order valence-corrected chi connectivity index (χ3v) is 4.44. The van der Waals surface area contributed by atoms with Crippen molar-refractivity contribution in [1.29, 1.82) is 0 Å². The van der Waals surface area contributed by atoms with E-state index in [-0.39, 0.29) is 6.04 Å². The van der Waals surface area contributed by atoms with Crippen LogP contribution in [0.15, 0.2) is 28.7 Å². The third-order valence-electron chi connectivity index (χ3n) is 3.91. The van der Waals surface area contributed by atoms with Gasteiger partial charge in [-0.3, -0.25) is 0 Å². The number of rotatable bonds is 6. The van der Waals surface area contributed by atoms with E-state index in [1.165, 1.54) is 31.4 Å². The molecule has 2 N–H and O–H groups in total. The molecule has 2 nitrogen and oxygen atoms in total. The van der Waals surface area contributed by atoms with E-state index in [1.807, 2.05) is 0 Å². The van der Waals surface area contributed by atoms with Crippen molar-refractivity contribution < 1.29 is 0 Å². The third kappa shape index (κ3) is 4.08. The van der Waals surface area contributed by atoms with E-state index in [4.69, 9.17) is 5.73 Å². The second kappa shape index (κ2) is 6.69. The number of benzene rings is 1. The minimum Gasteiger partial charge on any atom is -0.324 e. The van der Waals surface area contributed by atoms with Crippen LogP contribution in [0.2, 0.25) is 0 Å². The molecule has 0 radical (unpaired) electrons. The van der Waals surface area contributed by atoms with E-state index in [0.717, 1.165) is 23.4 Å². The van der Waals surface area contributed by atoms with Crippen LogP contribution in [0.3, 0.4) is 0 Å². The molecule has 1 aliphatic rings. The maximum atomic E-state index is 6.23. The molecule has 18 heavy (non-hydrogen) atoms. The highest BCUT2D eigenvalue weighted by Gasteiger charge is 2.19. The smallest absolute Gasteiger partial charge is 0.0307 e. The summed E-state index contributed by atoms with van der Waals surface area (Å²) in [4.78, 5) is 2.43. The summed E-state index contributed by atoms with van der Waals surface area (Å²) in [5.41, 5.74) is 7.46. The average molecular weight is 311 g/mol. The number of nitrogens with zero attached hydrogens (tertiary/aromatic N) is 1. The molecule has 0 aromatic heterocycles. The first-order valence-corrected chi connectivity index (χ1v) is 7.64. The largest absolute Gasteiger partial charge is 0.324 e. The highest BCUT2D eigenvalue weighted by Crippen LogP contribution is 2.27. The van der Waals surface area contributed by atoms with E-state index in [0.29, 0.717) is 0 Å². The zero-order valence-electron chi connectivity index (χ0n) is 11.1. The Hall–Kier alpha value is -0.380. The molecule has 2 rings (SSSR count). The SMILES string of the molecule is CN(CCC(N)c1ccc(Br)cc1)CC1CCC1. The monoisotopic (exact) mass is 310 g/mol. The second-order valence-corrected chi connectivity index (χ2v) is 6.42. The molecule has 0 aliphatic heterocycles. The van der Waals surface area contributed by atoms with Crippen LogP contribution < -0.4 is 5.73 Å². The van der Waals surface area contributed by atoms with Gasteiger partial charge in [0.25, 0.3) is 0 Å². The molecule has 0 bridgehead atoms. The Balaban J connectivity index is 1.73. The minimum absolute atomic E-state index is 0.155. The first kappa shape index (κ1) is 14.0. The number of hydrogen-bond acceptors (Lipinski definition) is 2. The molecule has 0 heterocycles. The summed E-state index contributed by atoms with van der Waals surface area (Å²) in [5, 5.41) is 0. The van der Waals surface area contributed by atoms with Gasteiger partial charge in [-0.05, 0) is 56.5 Å². The molecule has 3 heteroatoms. The van der Waals surface area contributed by atoms with Gasteiger partial charge >= 0.3 is 0 Å². The summed E-state index contributed by atoms with van der Waals surface area (Å²) in [6, 6.07) is 8.50. The first-order chi connectivity index (χ1) is 8.65. The Morgan fingerprint density at radius 2 is 2.00 bits per heavy atom. The Morgan fingerprint density at radius 1 is 1.33 bits per heavy atom. The summed E-state index contributed by atoms with van der Waals surface area (Å²) in [7, 11) is 2.21. The van der Waals surface area contributed by atoms with Crippen molar-refractivity contribution in [2.24, 2.45) is 11.7 Å². The lowest BCUT2D eigenvalue weighted by atomic mass is 9.85. The molecule has 1 aromatic carbocycles. The molecule has 0 amide bonds. The van der Waals surface area contributed by atoms with Crippen molar-refractivity contribution in [2.75, 3.05) is 20.1 Å². The number of hydrogen-bond donors (Lipinski definition) is 1. The molecule has 1 aliphatic carbocycles. The Bertz CT molecular complexity index is 359. The van der Waals surface area contributed by atoms with Gasteiger partial charge in [-0.15, -0.1) is 0 Å². The topological polar surface area (TPSA) is 29.3 Å². The molecule has 1 atom stereocenters. The van der Waals surface area contributed by atoms with Gasteiger partial charge in [-0.1, -0.05) is 34.5 Å². The lowest BCUT2D eigenvalue weighted by Crippen LogP contribution is -2.31. The van der Waals surface area contributed by atoms with Crippen molar-refractivity contribution in [3.8, 4) is 0 Å². The normalized spacial score (nSPS) is 17.8. The Labute approximate surface area is 119 Å². The number of halogens is 1. The molecule has 1 aromatic rings. The highest BCUT2D eigenvalue weighted by molar-refractivity contribution is 9.10. The Morgan fingerprint density at radius 3 is 2.56 bits per heavy atom.